The normalized spacial score (nSPS) is 22.2. The minimum Gasteiger partial charge on any atom is -0.466 e. The van der Waals surface area contributed by atoms with Crippen molar-refractivity contribution < 1.29 is 14.3 Å². The van der Waals surface area contributed by atoms with E-state index in [0.29, 0.717) is 24.3 Å². The maximum atomic E-state index is 12.2. The third-order valence-electron chi connectivity index (χ3n) is 4.40. The van der Waals surface area contributed by atoms with Gasteiger partial charge < -0.3 is 24.6 Å². The highest BCUT2D eigenvalue weighted by Crippen LogP contribution is 2.28. The molecule has 1 aliphatic carbocycles. The van der Waals surface area contributed by atoms with Gasteiger partial charge in [0.1, 0.15) is 11.4 Å². The van der Waals surface area contributed by atoms with Gasteiger partial charge in [-0.1, -0.05) is 0 Å². The Morgan fingerprint density at radius 2 is 2.30 bits per heavy atom. The number of guanidine groups is 1. The Balaban J connectivity index is 1.57. The van der Waals surface area contributed by atoms with Crippen LogP contribution in [0.15, 0.2) is 27.8 Å². The number of furan rings is 1. The average molecular weight is 320 g/mol. The van der Waals surface area contributed by atoms with Crippen molar-refractivity contribution in [1.29, 1.82) is 0 Å². The van der Waals surface area contributed by atoms with E-state index in [1.165, 1.54) is 6.26 Å². The van der Waals surface area contributed by atoms with E-state index in [2.05, 4.69) is 10.3 Å². The van der Waals surface area contributed by atoms with Gasteiger partial charge in [0.25, 0.3) is 0 Å². The summed E-state index contributed by atoms with van der Waals surface area (Å²) in [6.07, 6.45) is 3.80. The number of hydrogen-bond donors (Lipinski definition) is 2. The molecule has 1 saturated carbocycles. The molecule has 1 aromatic rings. The SMILES string of the molecule is CN=C(NCC(C)(O)c1ccco1)N1CCN(C2CC2)C(=O)C1. The quantitative estimate of drug-likeness (QED) is 0.619. The van der Waals surface area contributed by atoms with E-state index in [1.807, 2.05) is 9.80 Å². The molecule has 1 saturated heterocycles. The van der Waals surface area contributed by atoms with Crippen LogP contribution in [-0.4, -0.2) is 66.0 Å². The summed E-state index contributed by atoms with van der Waals surface area (Å²) in [5, 5.41) is 13.6. The molecule has 2 heterocycles. The largest absolute Gasteiger partial charge is 0.466 e. The Bertz CT molecular complexity index is 578. The van der Waals surface area contributed by atoms with Crippen LogP contribution in [0, 0.1) is 0 Å². The second-order valence-electron chi connectivity index (χ2n) is 6.39. The second kappa shape index (κ2) is 6.23. The van der Waals surface area contributed by atoms with E-state index in [9.17, 15) is 9.90 Å². The van der Waals surface area contributed by atoms with Gasteiger partial charge in [0.05, 0.1) is 19.4 Å². The molecule has 0 bridgehead atoms. The predicted molar refractivity (Wildman–Crippen MR) is 85.9 cm³/mol. The zero-order chi connectivity index (χ0) is 16.4. The van der Waals surface area contributed by atoms with E-state index in [1.54, 1.807) is 26.1 Å². The van der Waals surface area contributed by atoms with Crippen molar-refractivity contribution in [3.8, 4) is 0 Å². The molecule has 1 aromatic heterocycles. The third kappa shape index (κ3) is 3.50. The van der Waals surface area contributed by atoms with Crippen molar-refractivity contribution in [3.05, 3.63) is 24.2 Å². The molecular formula is C16H24N4O3. The van der Waals surface area contributed by atoms with E-state index in [4.69, 9.17) is 4.42 Å². The first-order valence-corrected chi connectivity index (χ1v) is 8.02. The average Bonchev–Trinajstić information content (AvgIpc) is 3.20. The molecule has 1 unspecified atom stereocenters. The molecule has 2 aliphatic rings. The first-order chi connectivity index (χ1) is 11.0. The van der Waals surface area contributed by atoms with Crippen LogP contribution in [0.25, 0.3) is 0 Å². The van der Waals surface area contributed by atoms with E-state index in [0.717, 1.165) is 25.9 Å². The Kier molecular flexibility index (Phi) is 4.30. The highest BCUT2D eigenvalue weighted by Gasteiger charge is 2.36. The summed E-state index contributed by atoms with van der Waals surface area (Å²) in [4.78, 5) is 20.4. The van der Waals surface area contributed by atoms with Gasteiger partial charge in [0.2, 0.25) is 5.91 Å². The summed E-state index contributed by atoms with van der Waals surface area (Å²) in [7, 11) is 1.68. The van der Waals surface area contributed by atoms with Crippen molar-refractivity contribution in [2.45, 2.75) is 31.4 Å². The Morgan fingerprint density at radius 3 is 2.87 bits per heavy atom. The van der Waals surface area contributed by atoms with Gasteiger partial charge in [0, 0.05) is 26.2 Å². The third-order valence-corrected chi connectivity index (χ3v) is 4.40. The maximum Gasteiger partial charge on any atom is 0.242 e. The number of piperazine rings is 1. The number of nitrogens with one attached hydrogen (secondary N) is 1. The number of aliphatic imine (C=N–C) groups is 1. The number of hydrogen-bond acceptors (Lipinski definition) is 4. The topological polar surface area (TPSA) is 81.3 Å². The van der Waals surface area contributed by atoms with Crippen LogP contribution in [0.2, 0.25) is 0 Å². The van der Waals surface area contributed by atoms with Crippen LogP contribution < -0.4 is 5.32 Å². The number of rotatable bonds is 4. The summed E-state index contributed by atoms with van der Waals surface area (Å²) >= 11 is 0. The van der Waals surface area contributed by atoms with Gasteiger partial charge in [-0.3, -0.25) is 9.79 Å². The van der Waals surface area contributed by atoms with Gasteiger partial charge in [-0.25, -0.2) is 0 Å². The molecule has 0 radical (unpaired) electrons. The van der Waals surface area contributed by atoms with Gasteiger partial charge in [0.15, 0.2) is 5.96 Å². The van der Waals surface area contributed by atoms with Crippen LogP contribution in [0.5, 0.6) is 0 Å². The summed E-state index contributed by atoms with van der Waals surface area (Å²) in [6, 6.07) is 3.94. The smallest absolute Gasteiger partial charge is 0.242 e. The highest BCUT2D eigenvalue weighted by molar-refractivity contribution is 5.88. The van der Waals surface area contributed by atoms with Crippen molar-refractivity contribution in [2.75, 3.05) is 33.2 Å². The zero-order valence-corrected chi connectivity index (χ0v) is 13.7. The number of aliphatic hydroxyl groups is 1. The molecule has 2 N–H and O–H groups in total. The molecule has 23 heavy (non-hydrogen) atoms. The molecule has 7 nitrogen and oxygen atoms in total. The Labute approximate surface area is 136 Å². The lowest BCUT2D eigenvalue weighted by molar-refractivity contribution is -0.135. The summed E-state index contributed by atoms with van der Waals surface area (Å²) in [6.45, 7) is 3.76. The molecule has 1 amide bonds. The fourth-order valence-electron chi connectivity index (χ4n) is 2.90. The second-order valence-corrected chi connectivity index (χ2v) is 6.39. The van der Waals surface area contributed by atoms with Crippen LogP contribution in [-0.2, 0) is 10.4 Å². The zero-order valence-electron chi connectivity index (χ0n) is 13.7. The first-order valence-electron chi connectivity index (χ1n) is 8.02. The standard InChI is InChI=1S/C16H24N4O3/c1-16(22,13-4-3-9-23-13)11-18-15(17-2)19-7-8-20(12-5-6-12)14(21)10-19/h3-4,9,12,22H,5-8,10-11H2,1-2H3,(H,17,18). The first kappa shape index (κ1) is 15.9. The Morgan fingerprint density at radius 1 is 1.52 bits per heavy atom. The van der Waals surface area contributed by atoms with E-state index >= 15 is 0 Å². The number of carbonyl (C=O) groups is 1. The van der Waals surface area contributed by atoms with E-state index in [-0.39, 0.29) is 12.5 Å². The van der Waals surface area contributed by atoms with Crippen molar-refractivity contribution >= 4 is 11.9 Å². The minimum absolute atomic E-state index is 0.152. The van der Waals surface area contributed by atoms with E-state index < -0.39 is 5.60 Å². The van der Waals surface area contributed by atoms with Crippen molar-refractivity contribution in [1.82, 2.24) is 15.1 Å². The number of carbonyl (C=O) groups excluding carboxylic acids is 1. The van der Waals surface area contributed by atoms with Gasteiger partial charge in [-0.2, -0.15) is 0 Å². The lowest BCUT2D eigenvalue weighted by atomic mass is 10.0. The fraction of sp³-hybridized carbons (Fsp3) is 0.625. The molecule has 2 fully saturated rings. The Hall–Kier alpha value is -2.02. The molecule has 3 rings (SSSR count). The molecular weight excluding hydrogens is 296 g/mol. The summed E-state index contributed by atoms with van der Waals surface area (Å²) < 4.78 is 5.27. The van der Waals surface area contributed by atoms with Crippen LogP contribution >= 0.6 is 0 Å². The molecule has 0 spiro atoms. The predicted octanol–water partition coefficient (Wildman–Crippen LogP) is 0.369. The maximum absolute atomic E-state index is 12.2. The van der Waals surface area contributed by atoms with Crippen LogP contribution in [0.3, 0.4) is 0 Å². The van der Waals surface area contributed by atoms with Gasteiger partial charge in [-0.05, 0) is 31.9 Å². The molecule has 126 valence electrons. The summed E-state index contributed by atoms with van der Waals surface area (Å²) in [5.74, 6) is 1.27. The highest BCUT2D eigenvalue weighted by atomic mass is 16.4. The van der Waals surface area contributed by atoms with Crippen LogP contribution in [0.4, 0.5) is 0 Å². The number of nitrogens with zero attached hydrogens (tertiary/aromatic N) is 3. The molecule has 1 aliphatic heterocycles. The lowest BCUT2D eigenvalue weighted by Gasteiger charge is -2.36. The molecule has 1 atom stereocenters. The van der Waals surface area contributed by atoms with Gasteiger partial charge in [-0.15, -0.1) is 0 Å². The minimum atomic E-state index is -1.14. The monoisotopic (exact) mass is 320 g/mol. The summed E-state index contributed by atoms with van der Waals surface area (Å²) in [5.41, 5.74) is -1.14. The number of amides is 1. The van der Waals surface area contributed by atoms with Crippen molar-refractivity contribution in [2.24, 2.45) is 4.99 Å². The molecule has 7 heteroatoms. The van der Waals surface area contributed by atoms with Crippen molar-refractivity contribution in [3.63, 3.8) is 0 Å². The fourth-order valence-corrected chi connectivity index (χ4v) is 2.90. The van der Waals surface area contributed by atoms with Crippen LogP contribution in [0.1, 0.15) is 25.5 Å². The molecule has 0 aromatic carbocycles. The lowest BCUT2D eigenvalue weighted by Crippen LogP contribution is -2.56. The van der Waals surface area contributed by atoms with Gasteiger partial charge >= 0.3 is 0 Å².